The second-order valence-electron chi connectivity index (χ2n) is 4.60. The highest BCUT2D eigenvalue weighted by atomic mass is 16.5. The molecule has 6 heteroatoms. The van der Waals surface area contributed by atoms with Crippen molar-refractivity contribution in [3.8, 4) is 0 Å². The number of carbonyl (C=O) groups is 1. The topological polar surface area (TPSA) is 68.3 Å². The van der Waals surface area contributed by atoms with E-state index in [4.69, 9.17) is 4.74 Å². The molecule has 2 heterocycles. The van der Waals surface area contributed by atoms with E-state index in [9.17, 15) is 4.79 Å². The summed E-state index contributed by atoms with van der Waals surface area (Å²) in [4.78, 5) is 16.0. The van der Waals surface area contributed by atoms with Gasteiger partial charge in [-0.2, -0.15) is 0 Å². The lowest BCUT2D eigenvalue weighted by atomic mass is 10.3. The Bertz CT molecular complexity index is 825. The monoisotopic (exact) mass is 294 g/mol. The Balaban J connectivity index is 2.03. The SMILES string of the molecule is COC(=O)Cc1nc2ccccn2c1N=Nc1ccccc1. The predicted molar refractivity (Wildman–Crippen MR) is 81.5 cm³/mol. The van der Waals surface area contributed by atoms with Crippen molar-refractivity contribution in [1.29, 1.82) is 0 Å². The summed E-state index contributed by atoms with van der Waals surface area (Å²) < 4.78 is 6.50. The van der Waals surface area contributed by atoms with Crippen molar-refractivity contribution in [3.05, 3.63) is 60.4 Å². The Labute approximate surface area is 127 Å². The zero-order chi connectivity index (χ0) is 15.4. The number of fused-ring (bicyclic) bond motifs is 1. The van der Waals surface area contributed by atoms with Crippen LogP contribution < -0.4 is 0 Å². The molecule has 0 fully saturated rings. The van der Waals surface area contributed by atoms with Gasteiger partial charge in [0.2, 0.25) is 0 Å². The molecule has 0 aliphatic rings. The maximum atomic E-state index is 11.5. The number of rotatable bonds is 4. The van der Waals surface area contributed by atoms with E-state index in [0.717, 1.165) is 5.69 Å². The first kappa shape index (κ1) is 13.9. The number of methoxy groups -OCH3 is 1. The van der Waals surface area contributed by atoms with Crippen LogP contribution in [-0.2, 0) is 16.0 Å². The normalized spacial score (nSPS) is 11.1. The Morgan fingerprint density at radius 3 is 2.68 bits per heavy atom. The van der Waals surface area contributed by atoms with Crippen LogP contribution in [0.2, 0.25) is 0 Å². The number of nitrogens with zero attached hydrogens (tertiary/aromatic N) is 4. The summed E-state index contributed by atoms with van der Waals surface area (Å²) in [6.45, 7) is 0. The second kappa shape index (κ2) is 6.17. The van der Waals surface area contributed by atoms with Crippen molar-refractivity contribution in [2.75, 3.05) is 7.11 Å². The maximum absolute atomic E-state index is 11.5. The molecule has 1 aromatic carbocycles. The number of azo groups is 1. The van der Waals surface area contributed by atoms with Gasteiger partial charge in [0, 0.05) is 6.20 Å². The zero-order valence-electron chi connectivity index (χ0n) is 12.0. The van der Waals surface area contributed by atoms with Crippen molar-refractivity contribution < 1.29 is 9.53 Å². The zero-order valence-corrected chi connectivity index (χ0v) is 12.0. The quantitative estimate of drug-likeness (QED) is 0.546. The highest BCUT2D eigenvalue weighted by Gasteiger charge is 2.15. The third kappa shape index (κ3) is 2.85. The first-order valence-electron chi connectivity index (χ1n) is 6.77. The average Bonchev–Trinajstić information content (AvgIpc) is 2.91. The molecule has 110 valence electrons. The second-order valence-corrected chi connectivity index (χ2v) is 4.60. The van der Waals surface area contributed by atoms with Crippen LogP contribution in [0.15, 0.2) is 65.0 Å². The van der Waals surface area contributed by atoms with Crippen molar-refractivity contribution in [3.63, 3.8) is 0 Å². The first-order chi connectivity index (χ1) is 10.8. The number of pyridine rings is 1. The number of ether oxygens (including phenoxy) is 1. The summed E-state index contributed by atoms with van der Waals surface area (Å²) in [6.07, 6.45) is 1.89. The average molecular weight is 294 g/mol. The number of imidazole rings is 1. The molecule has 3 aromatic rings. The highest BCUT2D eigenvalue weighted by Crippen LogP contribution is 2.24. The Morgan fingerprint density at radius 1 is 1.14 bits per heavy atom. The highest BCUT2D eigenvalue weighted by molar-refractivity contribution is 5.74. The lowest BCUT2D eigenvalue weighted by Gasteiger charge is -1.98. The summed E-state index contributed by atoms with van der Waals surface area (Å²) in [5.41, 5.74) is 1.98. The molecule has 0 atom stereocenters. The molecule has 3 rings (SSSR count). The summed E-state index contributed by atoms with van der Waals surface area (Å²) in [5.74, 6) is 0.171. The van der Waals surface area contributed by atoms with Crippen LogP contribution in [0.1, 0.15) is 5.69 Å². The molecule has 6 nitrogen and oxygen atoms in total. The number of hydrogen-bond donors (Lipinski definition) is 0. The van der Waals surface area contributed by atoms with E-state index >= 15 is 0 Å². The molecule has 0 spiro atoms. The van der Waals surface area contributed by atoms with E-state index in [2.05, 4.69) is 15.2 Å². The molecule has 0 unspecified atom stereocenters. The number of hydrogen-bond acceptors (Lipinski definition) is 5. The van der Waals surface area contributed by atoms with Gasteiger partial charge in [0.25, 0.3) is 0 Å². The van der Waals surface area contributed by atoms with Gasteiger partial charge in [0.1, 0.15) is 5.65 Å². The van der Waals surface area contributed by atoms with Crippen molar-refractivity contribution in [2.24, 2.45) is 10.2 Å². The van der Waals surface area contributed by atoms with Gasteiger partial charge in [-0.15, -0.1) is 10.2 Å². The van der Waals surface area contributed by atoms with Crippen LogP contribution in [-0.4, -0.2) is 22.5 Å². The van der Waals surface area contributed by atoms with Gasteiger partial charge in [0.15, 0.2) is 5.82 Å². The summed E-state index contributed by atoms with van der Waals surface area (Å²) >= 11 is 0. The number of esters is 1. The molecule has 0 saturated heterocycles. The van der Waals surface area contributed by atoms with Gasteiger partial charge in [-0.1, -0.05) is 24.3 Å². The van der Waals surface area contributed by atoms with E-state index in [1.165, 1.54) is 7.11 Å². The van der Waals surface area contributed by atoms with Crippen LogP contribution in [0, 0.1) is 0 Å². The predicted octanol–water partition coefficient (Wildman–Crippen LogP) is 3.47. The minimum atomic E-state index is -0.362. The summed E-state index contributed by atoms with van der Waals surface area (Å²) in [7, 11) is 1.35. The number of aromatic nitrogens is 2. The molecule has 0 bridgehead atoms. The Morgan fingerprint density at radius 2 is 1.91 bits per heavy atom. The third-order valence-corrected chi connectivity index (χ3v) is 3.13. The first-order valence-corrected chi connectivity index (χ1v) is 6.77. The van der Waals surface area contributed by atoms with E-state index < -0.39 is 0 Å². The molecule has 0 N–H and O–H groups in total. The molecule has 0 aliphatic carbocycles. The molecule has 2 aromatic heterocycles. The molecule has 0 radical (unpaired) electrons. The van der Waals surface area contributed by atoms with Gasteiger partial charge < -0.3 is 4.74 Å². The van der Waals surface area contributed by atoms with Crippen LogP contribution in [0.3, 0.4) is 0 Å². The van der Waals surface area contributed by atoms with E-state index in [-0.39, 0.29) is 12.4 Å². The third-order valence-electron chi connectivity index (χ3n) is 3.13. The van der Waals surface area contributed by atoms with E-state index in [0.29, 0.717) is 17.2 Å². The van der Waals surface area contributed by atoms with Gasteiger partial charge in [0.05, 0.1) is 24.9 Å². The molecule has 0 saturated carbocycles. The summed E-state index contributed by atoms with van der Waals surface area (Å²) in [5, 5.41) is 8.47. The largest absolute Gasteiger partial charge is 0.469 e. The Kier molecular flexibility index (Phi) is 3.91. The van der Waals surface area contributed by atoms with Gasteiger partial charge in [-0.25, -0.2) is 4.98 Å². The van der Waals surface area contributed by atoms with Crippen molar-refractivity contribution >= 4 is 23.1 Å². The maximum Gasteiger partial charge on any atom is 0.311 e. The standard InChI is InChI=1S/C16H14N4O2/c1-22-15(21)11-13-16(19-18-12-7-3-2-4-8-12)20-10-6-5-9-14(20)17-13/h2-10H,11H2,1H3. The van der Waals surface area contributed by atoms with Crippen LogP contribution in [0.4, 0.5) is 11.5 Å². The minimum absolute atomic E-state index is 0.0569. The van der Waals surface area contributed by atoms with Gasteiger partial charge >= 0.3 is 5.97 Å². The van der Waals surface area contributed by atoms with E-state index in [1.807, 2.05) is 54.7 Å². The number of carbonyl (C=O) groups excluding carboxylic acids is 1. The van der Waals surface area contributed by atoms with Crippen LogP contribution in [0.25, 0.3) is 5.65 Å². The summed E-state index contributed by atoms with van der Waals surface area (Å²) in [6, 6.07) is 15.0. The van der Waals surface area contributed by atoms with Crippen LogP contribution in [0.5, 0.6) is 0 Å². The molecule has 22 heavy (non-hydrogen) atoms. The lowest BCUT2D eigenvalue weighted by molar-refractivity contribution is -0.139. The molecule has 0 amide bonds. The fourth-order valence-electron chi connectivity index (χ4n) is 2.06. The van der Waals surface area contributed by atoms with Crippen molar-refractivity contribution in [2.45, 2.75) is 6.42 Å². The fourth-order valence-corrected chi connectivity index (χ4v) is 2.06. The minimum Gasteiger partial charge on any atom is -0.469 e. The Hall–Kier alpha value is -3.02. The van der Waals surface area contributed by atoms with Gasteiger partial charge in [-0.05, 0) is 24.3 Å². The lowest BCUT2D eigenvalue weighted by Crippen LogP contribution is -2.04. The molecular formula is C16H14N4O2. The van der Waals surface area contributed by atoms with Crippen LogP contribution >= 0.6 is 0 Å². The molecular weight excluding hydrogens is 280 g/mol. The fraction of sp³-hybridized carbons (Fsp3) is 0.125. The van der Waals surface area contributed by atoms with Gasteiger partial charge in [-0.3, -0.25) is 9.20 Å². The van der Waals surface area contributed by atoms with Crippen molar-refractivity contribution in [1.82, 2.24) is 9.38 Å². The molecule has 0 aliphatic heterocycles. The number of benzene rings is 1. The smallest absolute Gasteiger partial charge is 0.311 e. The van der Waals surface area contributed by atoms with E-state index in [1.54, 1.807) is 4.40 Å².